The lowest BCUT2D eigenvalue weighted by atomic mass is 10.2. The highest BCUT2D eigenvalue weighted by Gasteiger charge is 2.24. The predicted molar refractivity (Wildman–Crippen MR) is 88.9 cm³/mol. The smallest absolute Gasteiger partial charge is 0.264 e. The van der Waals surface area contributed by atoms with Gasteiger partial charge in [0.1, 0.15) is 5.75 Å². The molecule has 0 bridgehead atoms. The largest absolute Gasteiger partial charge is 0.496 e. The molecule has 0 aliphatic heterocycles. The summed E-state index contributed by atoms with van der Waals surface area (Å²) < 4.78 is 32.3. The van der Waals surface area contributed by atoms with Crippen LogP contribution >= 0.6 is 0 Å². The quantitative estimate of drug-likeness (QED) is 0.767. The van der Waals surface area contributed by atoms with Crippen LogP contribution in [0.2, 0.25) is 0 Å². The third-order valence-electron chi connectivity index (χ3n) is 3.29. The van der Waals surface area contributed by atoms with Gasteiger partial charge >= 0.3 is 0 Å². The molecular weight excluding hydrogens is 298 g/mol. The molecule has 0 N–H and O–H groups in total. The number of aryl methyl sites for hydroxylation is 1. The Morgan fingerprint density at radius 3 is 2.41 bits per heavy atom. The van der Waals surface area contributed by atoms with Crippen molar-refractivity contribution < 1.29 is 13.2 Å². The highest BCUT2D eigenvalue weighted by Crippen LogP contribution is 2.27. The first kappa shape index (κ1) is 16.1. The van der Waals surface area contributed by atoms with Gasteiger partial charge in [-0.25, -0.2) is 8.42 Å². The summed E-state index contributed by atoms with van der Waals surface area (Å²) in [5, 5.41) is 0. The summed E-state index contributed by atoms with van der Waals surface area (Å²) in [6.07, 6.45) is 1.57. The van der Waals surface area contributed by atoms with E-state index in [0.29, 0.717) is 11.4 Å². The molecule has 22 heavy (non-hydrogen) atoms. The van der Waals surface area contributed by atoms with Crippen LogP contribution in [-0.2, 0) is 10.0 Å². The molecule has 116 valence electrons. The maximum atomic E-state index is 12.9. The zero-order chi connectivity index (χ0) is 16.2. The number of benzene rings is 2. The molecule has 0 radical (unpaired) electrons. The fraction of sp³-hybridized carbons (Fsp3) is 0.176. The van der Waals surface area contributed by atoms with Crippen molar-refractivity contribution in [2.24, 2.45) is 0 Å². The number of anilines is 1. The van der Waals surface area contributed by atoms with Crippen LogP contribution in [0.1, 0.15) is 5.56 Å². The van der Waals surface area contributed by atoms with Crippen LogP contribution in [-0.4, -0.2) is 22.1 Å². The standard InChI is InChI=1S/C17H19NO3S/c1-4-12-18(15-8-6-5-7-9-15)22(19,20)16-10-11-17(21-3)14(2)13-16/h4-11,13H,1,12H2,2-3H3. The number of para-hydroxylation sites is 1. The van der Waals surface area contributed by atoms with Crippen molar-refractivity contribution in [3.8, 4) is 5.75 Å². The molecule has 0 aromatic heterocycles. The average Bonchev–Trinajstić information content (AvgIpc) is 2.53. The second-order valence-electron chi connectivity index (χ2n) is 4.79. The predicted octanol–water partition coefficient (Wildman–Crippen LogP) is 3.38. The second-order valence-corrected chi connectivity index (χ2v) is 6.65. The number of hydrogen-bond acceptors (Lipinski definition) is 3. The van der Waals surface area contributed by atoms with Gasteiger partial charge in [-0.1, -0.05) is 24.3 Å². The van der Waals surface area contributed by atoms with Gasteiger partial charge in [-0.3, -0.25) is 4.31 Å². The lowest BCUT2D eigenvalue weighted by molar-refractivity contribution is 0.411. The van der Waals surface area contributed by atoms with Gasteiger partial charge in [0.25, 0.3) is 10.0 Å². The Morgan fingerprint density at radius 1 is 1.18 bits per heavy atom. The number of hydrogen-bond donors (Lipinski definition) is 0. The Bertz CT molecular complexity index is 755. The van der Waals surface area contributed by atoms with Gasteiger partial charge < -0.3 is 4.74 Å². The Balaban J connectivity index is 2.50. The molecule has 0 fully saturated rings. The van der Waals surface area contributed by atoms with Gasteiger partial charge in [0.2, 0.25) is 0 Å². The van der Waals surface area contributed by atoms with Crippen LogP contribution in [0.3, 0.4) is 0 Å². The first-order valence-electron chi connectivity index (χ1n) is 6.84. The molecule has 5 heteroatoms. The monoisotopic (exact) mass is 317 g/mol. The zero-order valence-corrected chi connectivity index (χ0v) is 13.5. The van der Waals surface area contributed by atoms with E-state index in [-0.39, 0.29) is 11.4 Å². The lowest BCUT2D eigenvalue weighted by Gasteiger charge is -2.23. The molecule has 2 aromatic carbocycles. The van der Waals surface area contributed by atoms with Gasteiger partial charge in [0.15, 0.2) is 0 Å². The maximum Gasteiger partial charge on any atom is 0.264 e. The molecule has 0 atom stereocenters. The molecule has 0 aliphatic rings. The number of sulfonamides is 1. The van der Waals surface area contributed by atoms with E-state index in [0.717, 1.165) is 5.56 Å². The summed E-state index contributed by atoms with van der Waals surface area (Å²) >= 11 is 0. The highest BCUT2D eigenvalue weighted by atomic mass is 32.2. The summed E-state index contributed by atoms with van der Waals surface area (Å²) in [6.45, 7) is 5.68. The molecule has 0 saturated heterocycles. The van der Waals surface area contributed by atoms with Crippen LogP contribution in [0.15, 0.2) is 66.1 Å². The molecule has 0 spiro atoms. The van der Waals surface area contributed by atoms with Crippen molar-refractivity contribution in [2.45, 2.75) is 11.8 Å². The Labute approximate surface area is 131 Å². The van der Waals surface area contributed by atoms with Crippen LogP contribution < -0.4 is 9.04 Å². The summed E-state index contributed by atoms with van der Waals surface area (Å²) in [7, 11) is -2.10. The number of nitrogens with zero attached hydrogens (tertiary/aromatic N) is 1. The zero-order valence-electron chi connectivity index (χ0n) is 12.7. The molecule has 0 aliphatic carbocycles. The molecule has 0 amide bonds. The van der Waals surface area contributed by atoms with Gasteiger partial charge in [0, 0.05) is 0 Å². The van der Waals surface area contributed by atoms with Crippen molar-refractivity contribution in [3.63, 3.8) is 0 Å². The van der Waals surface area contributed by atoms with E-state index in [1.807, 2.05) is 13.0 Å². The van der Waals surface area contributed by atoms with Gasteiger partial charge in [-0.2, -0.15) is 0 Å². The van der Waals surface area contributed by atoms with E-state index in [9.17, 15) is 8.42 Å². The summed E-state index contributed by atoms with van der Waals surface area (Å²) in [6, 6.07) is 13.8. The minimum absolute atomic E-state index is 0.206. The van der Waals surface area contributed by atoms with E-state index in [1.54, 1.807) is 55.7 Å². The average molecular weight is 317 g/mol. The molecule has 2 rings (SSSR count). The Kier molecular flexibility index (Phi) is 4.88. The molecule has 0 unspecified atom stereocenters. The molecular formula is C17H19NO3S. The van der Waals surface area contributed by atoms with E-state index < -0.39 is 10.0 Å². The minimum Gasteiger partial charge on any atom is -0.496 e. The highest BCUT2D eigenvalue weighted by molar-refractivity contribution is 7.92. The molecule has 0 saturated carbocycles. The fourth-order valence-electron chi connectivity index (χ4n) is 2.19. The summed E-state index contributed by atoms with van der Waals surface area (Å²) in [5.74, 6) is 0.661. The lowest BCUT2D eigenvalue weighted by Crippen LogP contribution is -2.31. The Hall–Kier alpha value is -2.27. The first-order chi connectivity index (χ1) is 10.5. The number of rotatable bonds is 6. The van der Waals surface area contributed by atoms with Gasteiger partial charge in [-0.05, 0) is 42.8 Å². The normalized spacial score (nSPS) is 11.0. The fourth-order valence-corrected chi connectivity index (χ4v) is 3.71. The third-order valence-corrected chi connectivity index (χ3v) is 5.08. The van der Waals surface area contributed by atoms with Crippen molar-refractivity contribution in [2.75, 3.05) is 18.0 Å². The third kappa shape index (κ3) is 3.14. The Morgan fingerprint density at radius 2 is 1.86 bits per heavy atom. The first-order valence-corrected chi connectivity index (χ1v) is 8.28. The van der Waals surface area contributed by atoms with E-state index in [4.69, 9.17) is 4.74 Å². The van der Waals surface area contributed by atoms with Crippen molar-refractivity contribution in [1.82, 2.24) is 0 Å². The SMILES string of the molecule is C=CCN(c1ccccc1)S(=O)(=O)c1ccc(OC)c(C)c1. The van der Waals surface area contributed by atoms with Gasteiger partial charge in [-0.15, -0.1) is 6.58 Å². The van der Waals surface area contributed by atoms with E-state index in [2.05, 4.69) is 6.58 Å². The number of methoxy groups -OCH3 is 1. The maximum absolute atomic E-state index is 12.9. The van der Waals surface area contributed by atoms with Crippen molar-refractivity contribution in [3.05, 3.63) is 66.7 Å². The van der Waals surface area contributed by atoms with Crippen molar-refractivity contribution >= 4 is 15.7 Å². The number of ether oxygens (including phenoxy) is 1. The van der Waals surface area contributed by atoms with Crippen LogP contribution in [0.4, 0.5) is 5.69 Å². The summed E-state index contributed by atoms with van der Waals surface area (Å²) in [5.41, 5.74) is 1.38. The molecule has 2 aromatic rings. The summed E-state index contributed by atoms with van der Waals surface area (Å²) in [4.78, 5) is 0.233. The second kappa shape index (κ2) is 6.66. The minimum atomic E-state index is -3.66. The van der Waals surface area contributed by atoms with Gasteiger partial charge in [0.05, 0.1) is 24.2 Å². The van der Waals surface area contributed by atoms with E-state index >= 15 is 0 Å². The van der Waals surface area contributed by atoms with E-state index in [1.165, 1.54) is 4.31 Å². The van der Waals surface area contributed by atoms with Crippen LogP contribution in [0.5, 0.6) is 5.75 Å². The van der Waals surface area contributed by atoms with Crippen molar-refractivity contribution in [1.29, 1.82) is 0 Å². The molecule has 0 heterocycles. The van der Waals surface area contributed by atoms with Crippen LogP contribution in [0, 0.1) is 6.92 Å². The topological polar surface area (TPSA) is 46.6 Å². The molecule has 4 nitrogen and oxygen atoms in total. The van der Waals surface area contributed by atoms with Crippen LogP contribution in [0.25, 0.3) is 0 Å².